The van der Waals surface area contributed by atoms with Crippen molar-refractivity contribution in [1.82, 2.24) is 15.0 Å². The normalized spacial score (nSPS) is 11.4. The average Bonchev–Trinajstić information content (AvgIpc) is 2.79. The van der Waals surface area contributed by atoms with E-state index in [4.69, 9.17) is 11.6 Å². The summed E-state index contributed by atoms with van der Waals surface area (Å²) < 4.78 is 0. The number of rotatable bonds is 4. The molecule has 0 bridgehead atoms. The summed E-state index contributed by atoms with van der Waals surface area (Å²) in [5.41, 5.74) is 7.22. The van der Waals surface area contributed by atoms with Gasteiger partial charge in [-0.2, -0.15) is 5.10 Å². The summed E-state index contributed by atoms with van der Waals surface area (Å²) in [7, 11) is 0. The Labute approximate surface area is 178 Å². The number of benzene rings is 3. The van der Waals surface area contributed by atoms with Crippen LogP contribution in [0.25, 0.3) is 33.1 Å². The molecule has 0 radical (unpaired) electrons. The summed E-state index contributed by atoms with van der Waals surface area (Å²) in [5, 5.41) is 7.03. The first-order chi connectivity index (χ1) is 14.8. The lowest BCUT2D eigenvalue weighted by atomic mass is 10.1. The quantitative estimate of drug-likeness (QED) is 0.294. The second-order valence-electron chi connectivity index (χ2n) is 6.72. The van der Waals surface area contributed by atoms with Gasteiger partial charge < -0.3 is 0 Å². The topological polar surface area (TPSA) is 63.1 Å². The molecule has 2 heterocycles. The molecule has 30 heavy (non-hydrogen) atoms. The molecule has 5 nitrogen and oxygen atoms in total. The Kier molecular flexibility index (Phi) is 4.79. The van der Waals surface area contributed by atoms with Crippen LogP contribution in [0.15, 0.2) is 90.0 Å². The Balaban J connectivity index is 1.48. The largest absolute Gasteiger partial charge is 0.247 e. The maximum Gasteiger partial charge on any atom is 0.244 e. The van der Waals surface area contributed by atoms with Crippen LogP contribution in [0, 0.1) is 0 Å². The molecule has 6 heteroatoms. The number of hydrogen-bond acceptors (Lipinski definition) is 5. The van der Waals surface area contributed by atoms with Crippen molar-refractivity contribution in [2.24, 2.45) is 5.10 Å². The van der Waals surface area contributed by atoms with Crippen LogP contribution >= 0.6 is 11.6 Å². The molecule has 5 rings (SSSR count). The van der Waals surface area contributed by atoms with Crippen LogP contribution in [0.5, 0.6) is 0 Å². The average molecular weight is 410 g/mol. The predicted octanol–water partition coefficient (Wildman–Crippen LogP) is 5.94. The van der Waals surface area contributed by atoms with Crippen LogP contribution in [-0.4, -0.2) is 21.2 Å². The standard InChI is InChI=1S/C24H16ClN5/c25-18-12-9-17(10-13-18)23-20-6-2-4-8-22(20)28-24(29-23)30-26-15-19-14-11-16-5-1-3-7-21(16)27-19/h1-15H,(H,28,29,30). The van der Waals surface area contributed by atoms with Gasteiger partial charge in [0.25, 0.3) is 0 Å². The molecule has 2 aromatic heterocycles. The highest BCUT2D eigenvalue weighted by atomic mass is 35.5. The van der Waals surface area contributed by atoms with Gasteiger partial charge in [-0.3, -0.25) is 0 Å². The third-order valence-electron chi connectivity index (χ3n) is 4.70. The summed E-state index contributed by atoms with van der Waals surface area (Å²) in [6.07, 6.45) is 1.66. The first-order valence-corrected chi connectivity index (χ1v) is 9.82. The number of hydrogen-bond donors (Lipinski definition) is 1. The highest BCUT2D eigenvalue weighted by Crippen LogP contribution is 2.28. The molecule has 3 aromatic carbocycles. The zero-order valence-corrected chi connectivity index (χ0v) is 16.6. The first-order valence-electron chi connectivity index (χ1n) is 9.44. The van der Waals surface area contributed by atoms with E-state index in [9.17, 15) is 0 Å². The fraction of sp³-hybridized carbons (Fsp3) is 0. The maximum absolute atomic E-state index is 6.04. The molecule has 0 fully saturated rings. The van der Waals surface area contributed by atoms with Gasteiger partial charge in [0.1, 0.15) is 0 Å². The number of para-hydroxylation sites is 2. The van der Waals surface area contributed by atoms with Crippen molar-refractivity contribution in [2.75, 3.05) is 5.43 Å². The van der Waals surface area contributed by atoms with E-state index >= 15 is 0 Å². The van der Waals surface area contributed by atoms with Crippen molar-refractivity contribution in [3.05, 3.63) is 95.6 Å². The lowest BCUT2D eigenvalue weighted by molar-refractivity contribution is 1.15. The third-order valence-corrected chi connectivity index (χ3v) is 4.95. The highest BCUT2D eigenvalue weighted by Gasteiger charge is 2.09. The van der Waals surface area contributed by atoms with Crippen LogP contribution in [0.4, 0.5) is 5.95 Å². The van der Waals surface area contributed by atoms with Crippen molar-refractivity contribution in [2.45, 2.75) is 0 Å². The summed E-state index contributed by atoms with van der Waals surface area (Å²) in [6, 6.07) is 27.4. The van der Waals surface area contributed by atoms with E-state index in [0.717, 1.165) is 38.8 Å². The van der Waals surface area contributed by atoms with Crippen molar-refractivity contribution in [3.8, 4) is 11.3 Å². The van der Waals surface area contributed by atoms with E-state index in [2.05, 4.69) is 25.5 Å². The van der Waals surface area contributed by atoms with Crippen LogP contribution in [0.1, 0.15) is 5.69 Å². The molecular weight excluding hydrogens is 394 g/mol. The van der Waals surface area contributed by atoms with Crippen LogP contribution in [0.3, 0.4) is 0 Å². The summed E-state index contributed by atoms with van der Waals surface area (Å²) in [4.78, 5) is 13.8. The molecule has 0 saturated carbocycles. The zero-order chi connectivity index (χ0) is 20.3. The fourth-order valence-electron chi connectivity index (χ4n) is 3.26. The second kappa shape index (κ2) is 7.89. The molecule has 1 N–H and O–H groups in total. The third kappa shape index (κ3) is 3.71. The van der Waals surface area contributed by atoms with Gasteiger partial charge in [-0.1, -0.05) is 66.2 Å². The number of nitrogens with zero attached hydrogens (tertiary/aromatic N) is 4. The molecule has 5 aromatic rings. The van der Waals surface area contributed by atoms with Gasteiger partial charge in [-0.15, -0.1) is 0 Å². The highest BCUT2D eigenvalue weighted by molar-refractivity contribution is 6.30. The zero-order valence-electron chi connectivity index (χ0n) is 15.8. The van der Waals surface area contributed by atoms with Gasteiger partial charge in [-0.25, -0.2) is 20.4 Å². The molecule has 0 aliphatic carbocycles. The lowest BCUT2D eigenvalue weighted by Gasteiger charge is -2.08. The van der Waals surface area contributed by atoms with E-state index in [1.807, 2.05) is 84.9 Å². The number of halogens is 1. The lowest BCUT2D eigenvalue weighted by Crippen LogP contribution is -2.00. The molecule has 0 aliphatic rings. The van der Waals surface area contributed by atoms with Gasteiger partial charge >= 0.3 is 0 Å². The predicted molar refractivity (Wildman–Crippen MR) is 123 cm³/mol. The van der Waals surface area contributed by atoms with Gasteiger partial charge in [0.05, 0.1) is 28.6 Å². The van der Waals surface area contributed by atoms with E-state index in [1.54, 1.807) is 6.21 Å². The number of hydrazone groups is 1. The molecule has 144 valence electrons. The van der Waals surface area contributed by atoms with Gasteiger partial charge in [-0.05, 0) is 30.3 Å². The first kappa shape index (κ1) is 18.2. The molecule has 0 saturated heterocycles. The van der Waals surface area contributed by atoms with Gasteiger partial charge in [0.2, 0.25) is 5.95 Å². The number of aromatic nitrogens is 3. The van der Waals surface area contributed by atoms with E-state index < -0.39 is 0 Å². The van der Waals surface area contributed by atoms with Crippen LogP contribution in [0.2, 0.25) is 5.02 Å². The monoisotopic (exact) mass is 409 g/mol. The smallest absolute Gasteiger partial charge is 0.244 e. The van der Waals surface area contributed by atoms with E-state index in [0.29, 0.717) is 11.0 Å². The minimum absolute atomic E-state index is 0.413. The maximum atomic E-state index is 6.04. The van der Waals surface area contributed by atoms with E-state index in [1.165, 1.54) is 0 Å². The number of anilines is 1. The van der Waals surface area contributed by atoms with Crippen LogP contribution < -0.4 is 5.43 Å². The Morgan fingerprint density at radius 2 is 1.50 bits per heavy atom. The minimum atomic E-state index is 0.413. The fourth-order valence-corrected chi connectivity index (χ4v) is 3.39. The van der Waals surface area contributed by atoms with Crippen molar-refractivity contribution in [1.29, 1.82) is 0 Å². The van der Waals surface area contributed by atoms with Gasteiger partial charge in [0, 0.05) is 21.4 Å². The van der Waals surface area contributed by atoms with Crippen LogP contribution in [-0.2, 0) is 0 Å². The Morgan fingerprint density at radius 3 is 2.37 bits per heavy atom. The molecule has 0 unspecified atom stereocenters. The number of fused-ring (bicyclic) bond motifs is 2. The van der Waals surface area contributed by atoms with Crippen molar-refractivity contribution >= 4 is 45.6 Å². The Morgan fingerprint density at radius 1 is 0.733 bits per heavy atom. The molecule has 0 spiro atoms. The van der Waals surface area contributed by atoms with Crippen molar-refractivity contribution in [3.63, 3.8) is 0 Å². The Bertz CT molecular complexity index is 1380. The number of pyridine rings is 1. The Hall–Kier alpha value is -3.83. The summed E-state index contributed by atoms with van der Waals surface area (Å²) >= 11 is 6.04. The summed E-state index contributed by atoms with van der Waals surface area (Å²) in [5.74, 6) is 0.413. The number of nitrogens with one attached hydrogen (secondary N) is 1. The van der Waals surface area contributed by atoms with Crippen molar-refractivity contribution < 1.29 is 0 Å². The second-order valence-corrected chi connectivity index (χ2v) is 7.16. The molecule has 0 aliphatic heterocycles. The molecule has 0 amide bonds. The minimum Gasteiger partial charge on any atom is -0.247 e. The molecule has 0 atom stereocenters. The molecular formula is C24H16ClN5. The van der Waals surface area contributed by atoms with E-state index in [-0.39, 0.29) is 0 Å². The van der Waals surface area contributed by atoms with Gasteiger partial charge in [0.15, 0.2) is 0 Å². The SMILES string of the molecule is Clc1ccc(-c2nc(NN=Cc3ccc4ccccc4n3)nc3ccccc23)cc1. The summed E-state index contributed by atoms with van der Waals surface area (Å²) in [6.45, 7) is 0.